The fourth-order valence-electron chi connectivity index (χ4n) is 1.91. The molecule has 0 aliphatic carbocycles. The lowest BCUT2D eigenvalue weighted by atomic mass is 9.84. The molecule has 15 heavy (non-hydrogen) atoms. The van der Waals surface area contributed by atoms with E-state index in [1.807, 2.05) is 13.8 Å². The van der Waals surface area contributed by atoms with E-state index in [1.54, 1.807) is 0 Å². The third-order valence-corrected chi connectivity index (χ3v) is 2.82. The number of carboxylic acids is 2. The highest BCUT2D eigenvalue weighted by molar-refractivity contribution is 5.70. The topological polar surface area (TPSA) is 74.6 Å². The second-order valence-electron chi connectivity index (χ2n) is 3.81. The molecular weight excluding hydrogens is 196 g/mol. The first kappa shape index (κ1) is 13.9. The Hall–Kier alpha value is -1.06. The van der Waals surface area contributed by atoms with Crippen LogP contribution in [0.25, 0.3) is 0 Å². The first-order chi connectivity index (χ1) is 7.02. The van der Waals surface area contributed by atoms with Crippen LogP contribution in [0.1, 0.15) is 46.0 Å². The van der Waals surface area contributed by atoms with E-state index in [2.05, 4.69) is 0 Å². The molecular formula is C11H20O4. The van der Waals surface area contributed by atoms with Gasteiger partial charge in [0, 0.05) is 6.42 Å². The van der Waals surface area contributed by atoms with Crippen LogP contribution in [0.4, 0.5) is 0 Å². The molecule has 0 saturated heterocycles. The van der Waals surface area contributed by atoms with Crippen LogP contribution in [0.15, 0.2) is 0 Å². The summed E-state index contributed by atoms with van der Waals surface area (Å²) in [5.41, 5.74) is 0. The van der Waals surface area contributed by atoms with Crippen LogP contribution < -0.4 is 0 Å². The highest BCUT2D eigenvalue weighted by Crippen LogP contribution is 2.25. The molecule has 0 aliphatic rings. The standard InChI is InChI=1S/C11H20O4/c1-3-8(6-5-7-10(12)13)9(4-2)11(14)15/h8-9H,3-7H2,1-2H3,(H,12,13)(H,14,15). The quantitative estimate of drug-likeness (QED) is 0.653. The van der Waals surface area contributed by atoms with Crippen molar-refractivity contribution in [2.75, 3.05) is 0 Å². The van der Waals surface area contributed by atoms with E-state index >= 15 is 0 Å². The molecule has 0 spiro atoms. The summed E-state index contributed by atoms with van der Waals surface area (Å²) in [4.78, 5) is 21.2. The van der Waals surface area contributed by atoms with Crippen LogP contribution in [0, 0.1) is 11.8 Å². The molecule has 0 radical (unpaired) electrons. The number of rotatable bonds is 8. The molecule has 0 rings (SSSR count). The lowest BCUT2D eigenvalue weighted by Gasteiger charge is -2.21. The van der Waals surface area contributed by atoms with Crippen molar-refractivity contribution in [2.45, 2.75) is 46.0 Å². The summed E-state index contributed by atoms with van der Waals surface area (Å²) in [6.07, 6.45) is 2.79. The van der Waals surface area contributed by atoms with Gasteiger partial charge in [0.25, 0.3) is 0 Å². The SMILES string of the molecule is CCC(CCCC(=O)O)C(CC)C(=O)O. The van der Waals surface area contributed by atoms with Crippen LogP contribution >= 0.6 is 0 Å². The van der Waals surface area contributed by atoms with Gasteiger partial charge in [0.2, 0.25) is 0 Å². The molecule has 4 nitrogen and oxygen atoms in total. The van der Waals surface area contributed by atoms with Crippen molar-refractivity contribution < 1.29 is 19.8 Å². The fraction of sp³-hybridized carbons (Fsp3) is 0.818. The molecule has 4 heteroatoms. The Morgan fingerprint density at radius 1 is 1.13 bits per heavy atom. The predicted molar refractivity (Wildman–Crippen MR) is 56.7 cm³/mol. The second kappa shape index (κ2) is 7.26. The van der Waals surface area contributed by atoms with Crippen molar-refractivity contribution >= 4 is 11.9 Å². The fourth-order valence-corrected chi connectivity index (χ4v) is 1.91. The molecule has 0 aliphatic heterocycles. The third kappa shape index (κ3) is 5.40. The molecule has 0 saturated carbocycles. The van der Waals surface area contributed by atoms with Crippen LogP contribution in [-0.4, -0.2) is 22.2 Å². The Kier molecular flexibility index (Phi) is 6.75. The number of hydrogen-bond donors (Lipinski definition) is 2. The number of carboxylic acid groups (broad SMARTS) is 2. The predicted octanol–water partition coefficient (Wildman–Crippen LogP) is 2.38. The molecule has 2 N–H and O–H groups in total. The zero-order chi connectivity index (χ0) is 11.8. The van der Waals surface area contributed by atoms with Crippen LogP contribution in [-0.2, 0) is 9.59 Å². The van der Waals surface area contributed by atoms with Crippen LogP contribution in [0.3, 0.4) is 0 Å². The summed E-state index contributed by atoms with van der Waals surface area (Å²) in [6.45, 7) is 3.82. The Bertz CT molecular complexity index is 213. The van der Waals surface area contributed by atoms with E-state index < -0.39 is 11.9 Å². The van der Waals surface area contributed by atoms with Crippen molar-refractivity contribution in [3.05, 3.63) is 0 Å². The van der Waals surface area contributed by atoms with E-state index in [4.69, 9.17) is 10.2 Å². The Morgan fingerprint density at radius 3 is 2.07 bits per heavy atom. The van der Waals surface area contributed by atoms with Gasteiger partial charge in [-0.25, -0.2) is 0 Å². The van der Waals surface area contributed by atoms with Gasteiger partial charge in [-0.05, 0) is 25.2 Å². The maximum Gasteiger partial charge on any atom is 0.306 e. The van der Waals surface area contributed by atoms with Crippen molar-refractivity contribution in [3.8, 4) is 0 Å². The van der Waals surface area contributed by atoms with Gasteiger partial charge in [0.15, 0.2) is 0 Å². The van der Waals surface area contributed by atoms with Gasteiger partial charge in [-0.15, -0.1) is 0 Å². The van der Waals surface area contributed by atoms with Gasteiger partial charge in [-0.3, -0.25) is 9.59 Å². The largest absolute Gasteiger partial charge is 0.481 e. The van der Waals surface area contributed by atoms with Crippen molar-refractivity contribution in [3.63, 3.8) is 0 Å². The monoisotopic (exact) mass is 216 g/mol. The summed E-state index contributed by atoms with van der Waals surface area (Å²) in [5.74, 6) is -1.80. The minimum atomic E-state index is -0.812. The van der Waals surface area contributed by atoms with Crippen LogP contribution in [0.5, 0.6) is 0 Å². The highest BCUT2D eigenvalue weighted by atomic mass is 16.4. The maximum absolute atomic E-state index is 10.9. The van der Waals surface area contributed by atoms with Gasteiger partial charge in [-0.1, -0.05) is 20.3 Å². The molecule has 0 aromatic carbocycles. The Morgan fingerprint density at radius 2 is 1.73 bits per heavy atom. The lowest BCUT2D eigenvalue weighted by molar-refractivity contribution is -0.144. The van der Waals surface area contributed by atoms with Gasteiger partial charge in [0.1, 0.15) is 0 Å². The molecule has 0 amide bonds. The third-order valence-electron chi connectivity index (χ3n) is 2.82. The van der Waals surface area contributed by atoms with Crippen molar-refractivity contribution in [1.82, 2.24) is 0 Å². The van der Waals surface area contributed by atoms with E-state index in [1.165, 1.54) is 0 Å². The number of carbonyl (C=O) groups is 2. The molecule has 0 aromatic rings. The van der Waals surface area contributed by atoms with E-state index in [-0.39, 0.29) is 18.3 Å². The van der Waals surface area contributed by atoms with Gasteiger partial charge in [0.05, 0.1) is 5.92 Å². The first-order valence-corrected chi connectivity index (χ1v) is 5.47. The molecule has 2 unspecified atom stereocenters. The van der Waals surface area contributed by atoms with Gasteiger partial charge >= 0.3 is 11.9 Å². The zero-order valence-electron chi connectivity index (χ0n) is 9.40. The second-order valence-corrected chi connectivity index (χ2v) is 3.81. The summed E-state index contributed by atoms with van der Waals surface area (Å²) in [7, 11) is 0. The molecule has 0 aromatic heterocycles. The molecule has 2 atom stereocenters. The molecule has 0 fully saturated rings. The summed E-state index contributed by atoms with van der Waals surface area (Å²) < 4.78 is 0. The maximum atomic E-state index is 10.9. The normalized spacial score (nSPS) is 14.5. The Balaban J connectivity index is 4.09. The van der Waals surface area contributed by atoms with Crippen molar-refractivity contribution in [1.29, 1.82) is 0 Å². The van der Waals surface area contributed by atoms with E-state index in [9.17, 15) is 9.59 Å². The highest BCUT2D eigenvalue weighted by Gasteiger charge is 2.24. The first-order valence-electron chi connectivity index (χ1n) is 5.47. The number of hydrogen-bond acceptors (Lipinski definition) is 2. The number of aliphatic carboxylic acids is 2. The molecule has 88 valence electrons. The van der Waals surface area contributed by atoms with Gasteiger partial charge < -0.3 is 10.2 Å². The summed E-state index contributed by atoms with van der Waals surface area (Å²) >= 11 is 0. The molecule has 0 heterocycles. The van der Waals surface area contributed by atoms with Crippen molar-refractivity contribution in [2.24, 2.45) is 11.8 Å². The van der Waals surface area contributed by atoms with E-state index in [0.29, 0.717) is 19.3 Å². The average Bonchev–Trinajstić information content (AvgIpc) is 2.15. The van der Waals surface area contributed by atoms with Crippen LogP contribution in [0.2, 0.25) is 0 Å². The summed E-state index contributed by atoms with van der Waals surface area (Å²) in [5, 5.41) is 17.5. The molecule has 0 bridgehead atoms. The Labute approximate surface area is 90.3 Å². The summed E-state index contributed by atoms with van der Waals surface area (Å²) in [6, 6.07) is 0. The van der Waals surface area contributed by atoms with Gasteiger partial charge in [-0.2, -0.15) is 0 Å². The van der Waals surface area contributed by atoms with E-state index in [0.717, 1.165) is 6.42 Å². The smallest absolute Gasteiger partial charge is 0.306 e. The average molecular weight is 216 g/mol. The lowest BCUT2D eigenvalue weighted by Crippen LogP contribution is -2.22. The minimum Gasteiger partial charge on any atom is -0.481 e. The zero-order valence-corrected chi connectivity index (χ0v) is 9.40. The minimum absolute atomic E-state index is 0.104.